The number of phosphoric ester groups is 1. The fourth-order valence-electron chi connectivity index (χ4n) is 8.94. The zero-order valence-corrected chi connectivity index (χ0v) is 50.9. The number of fused-ring (bicyclic) bond motifs is 4. The Kier molecular flexibility index (Phi) is 19.2. The number of carbonyl (C=O) groups is 2. The van der Waals surface area contributed by atoms with Crippen LogP contribution in [0.1, 0.15) is 101 Å². The van der Waals surface area contributed by atoms with Gasteiger partial charge >= 0.3 is 26.1 Å². The van der Waals surface area contributed by atoms with E-state index in [1.165, 1.54) is 27.7 Å². The van der Waals surface area contributed by atoms with Crippen LogP contribution in [0.25, 0.3) is 22.0 Å². The Morgan fingerprint density at radius 1 is 0.860 bits per heavy atom. The molecule has 0 spiro atoms. The first-order valence-electron chi connectivity index (χ1n) is 26.1. The number of phosphoric acid groups is 1. The average Bonchev–Trinajstić information content (AvgIpc) is 1.55. The Balaban J connectivity index is 1.39. The van der Waals surface area contributed by atoms with Gasteiger partial charge in [-0.15, -0.1) is 0 Å². The molecule has 0 aliphatic heterocycles. The van der Waals surface area contributed by atoms with E-state index >= 15 is 8.78 Å². The SMILES string of the molecule is CC(C)COP(=O)(OCC(C)C)OCC(C)(C)C(=O)OCN(c1nn(CC(F)(F)F)c2c(-c3ccc(C#CC(C)(C)S(C)(=O)=O)nc3[C@H](Cc3cc(F)cc(F)c3)NC(=O)Cn3nc(C(F)(F)F)c4c3C(F)(F)[C@@H]3C=C[C@H]43)ccc(Cl)c12)S(C)(=O)=O. The number of amides is 1. The van der Waals surface area contributed by atoms with Crippen LogP contribution in [0.5, 0.6) is 0 Å². The third-order valence-corrected chi connectivity index (χ3v) is 18.3. The smallest absolute Gasteiger partial charge is 0.443 e. The van der Waals surface area contributed by atoms with E-state index < -0.39 is 175 Å². The lowest BCUT2D eigenvalue weighted by Crippen LogP contribution is -2.38. The number of sulfone groups is 1. The molecule has 0 bridgehead atoms. The highest BCUT2D eigenvalue weighted by molar-refractivity contribution is 7.92. The lowest BCUT2D eigenvalue weighted by Gasteiger charge is -2.27. The average molecular weight is 1300 g/mol. The van der Waals surface area contributed by atoms with E-state index in [0.29, 0.717) is 16.6 Å². The van der Waals surface area contributed by atoms with Gasteiger partial charge < -0.3 is 10.1 Å². The quantitative estimate of drug-likeness (QED) is 0.0161. The molecule has 2 aliphatic rings. The number of hydrogen-bond acceptors (Lipinski definition) is 14. The Morgan fingerprint density at radius 3 is 2.00 bits per heavy atom. The van der Waals surface area contributed by atoms with E-state index in [1.54, 1.807) is 27.7 Å². The van der Waals surface area contributed by atoms with Crippen molar-refractivity contribution in [2.45, 2.75) is 110 Å². The van der Waals surface area contributed by atoms with Crippen molar-refractivity contribution < 1.29 is 93.2 Å². The van der Waals surface area contributed by atoms with Crippen molar-refractivity contribution >= 4 is 67.9 Å². The highest BCUT2D eigenvalue weighted by Gasteiger charge is 2.61. The molecule has 470 valence electrons. The molecule has 18 nitrogen and oxygen atoms in total. The number of nitrogens with zero attached hydrogens (tertiary/aromatic N) is 6. The first-order valence-corrected chi connectivity index (χ1v) is 31.7. The normalized spacial score (nSPS) is 16.6. The van der Waals surface area contributed by atoms with E-state index in [1.807, 2.05) is 0 Å². The predicted molar refractivity (Wildman–Crippen MR) is 294 cm³/mol. The molecule has 0 saturated carbocycles. The molecule has 2 aliphatic carbocycles. The van der Waals surface area contributed by atoms with Gasteiger partial charge in [-0.2, -0.15) is 45.3 Å². The summed E-state index contributed by atoms with van der Waals surface area (Å²) in [5.41, 5.74) is -7.94. The van der Waals surface area contributed by atoms with E-state index in [0.717, 1.165) is 54.8 Å². The van der Waals surface area contributed by atoms with Crippen LogP contribution >= 0.6 is 19.4 Å². The minimum Gasteiger partial charge on any atom is -0.443 e. The summed E-state index contributed by atoms with van der Waals surface area (Å²) >= 11 is 6.78. The molecule has 2 aromatic carbocycles. The summed E-state index contributed by atoms with van der Waals surface area (Å²) in [7, 11) is -13.0. The molecule has 0 unspecified atom stereocenters. The number of rotatable bonds is 23. The summed E-state index contributed by atoms with van der Waals surface area (Å²) < 4.78 is 237. The second-order valence-corrected chi connectivity index (χ2v) is 29.2. The van der Waals surface area contributed by atoms with Crippen molar-refractivity contribution in [1.29, 1.82) is 0 Å². The van der Waals surface area contributed by atoms with Gasteiger partial charge in [0.05, 0.1) is 65.1 Å². The molecule has 1 N–H and O–H groups in total. The fourth-order valence-corrected chi connectivity index (χ4v) is 11.8. The minimum atomic E-state index is -5.28. The number of nitrogens with one attached hydrogen (secondary N) is 1. The third-order valence-electron chi connectivity index (χ3n) is 13.6. The molecule has 3 aromatic heterocycles. The van der Waals surface area contributed by atoms with Crippen LogP contribution in [-0.4, -0.2) is 103 Å². The topological polar surface area (TPSA) is 220 Å². The van der Waals surface area contributed by atoms with Crippen LogP contribution in [-0.2, 0) is 83.9 Å². The summed E-state index contributed by atoms with van der Waals surface area (Å²) in [5, 5.41) is 8.88. The maximum Gasteiger partial charge on any atom is 0.474 e. The monoisotopic (exact) mass is 1300 g/mol. The van der Waals surface area contributed by atoms with Gasteiger partial charge in [-0.1, -0.05) is 63.4 Å². The van der Waals surface area contributed by atoms with Crippen LogP contribution in [0, 0.1) is 46.6 Å². The van der Waals surface area contributed by atoms with Gasteiger partial charge in [0.2, 0.25) is 15.9 Å². The first kappa shape index (κ1) is 67.4. The number of aromatic nitrogens is 5. The second-order valence-electron chi connectivity index (χ2n) is 22.7. The van der Waals surface area contributed by atoms with Crippen LogP contribution in [0.3, 0.4) is 0 Å². The molecule has 7 rings (SSSR count). The molecule has 32 heteroatoms. The molecule has 0 saturated heterocycles. The van der Waals surface area contributed by atoms with Gasteiger partial charge in [0, 0.05) is 34.9 Å². The van der Waals surface area contributed by atoms with Crippen molar-refractivity contribution in [2.75, 3.05) is 43.4 Å². The first-order chi connectivity index (χ1) is 39.4. The van der Waals surface area contributed by atoms with Crippen LogP contribution in [0.4, 0.5) is 49.7 Å². The van der Waals surface area contributed by atoms with Crippen molar-refractivity contribution in [3.05, 3.63) is 105 Å². The lowest BCUT2D eigenvalue weighted by atomic mass is 9.81. The Labute approximate surface area is 493 Å². The molecule has 5 aromatic rings. The second kappa shape index (κ2) is 24.5. The van der Waals surface area contributed by atoms with Crippen molar-refractivity contribution in [2.24, 2.45) is 23.2 Å². The number of halogens is 11. The maximum absolute atomic E-state index is 15.9. The number of esters is 1. The minimum absolute atomic E-state index is 0.0733. The lowest BCUT2D eigenvalue weighted by molar-refractivity contribution is -0.155. The zero-order valence-electron chi connectivity index (χ0n) is 47.6. The van der Waals surface area contributed by atoms with E-state index in [-0.39, 0.29) is 56.8 Å². The summed E-state index contributed by atoms with van der Waals surface area (Å²) in [6.07, 6.45) is -7.60. The van der Waals surface area contributed by atoms with Crippen molar-refractivity contribution in [3.63, 3.8) is 0 Å². The molecule has 0 fully saturated rings. The fraction of sp³-hybridized carbons (Fsp3) is 0.500. The molecule has 3 heterocycles. The highest BCUT2D eigenvalue weighted by atomic mass is 35.5. The number of sulfonamides is 1. The Morgan fingerprint density at radius 2 is 1.47 bits per heavy atom. The van der Waals surface area contributed by atoms with Crippen LogP contribution in [0.2, 0.25) is 5.02 Å². The van der Waals surface area contributed by atoms with Gasteiger partial charge in [0.25, 0.3) is 5.92 Å². The number of ether oxygens (including phenoxy) is 1. The number of alkyl halides is 8. The summed E-state index contributed by atoms with van der Waals surface area (Å²) in [5.74, 6) is -7.99. The third kappa shape index (κ3) is 15.1. The van der Waals surface area contributed by atoms with Crippen molar-refractivity contribution in [1.82, 2.24) is 29.9 Å². The largest absolute Gasteiger partial charge is 0.474 e. The van der Waals surface area contributed by atoms with Gasteiger partial charge in [0.1, 0.15) is 40.9 Å². The zero-order chi connectivity index (χ0) is 64.2. The van der Waals surface area contributed by atoms with E-state index in [2.05, 4.69) is 32.3 Å². The number of hydrogen-bond donors (Lipinski definition) is 1. The number of allylic oxidation sites excluding steroid dienone is 2. The highest BCUT2D eigenvalue weighted by Crippen LogP contribution is 2.60. The molecule has 0 radical (unpaired) electrons. The Hall–Kier alpha value is -6.09. The van der Waals surface area contributed by atoms with E-state index in [9.17, 15) is 66.1 Å². The van der Waals surface area contributed by atoms with E-state index in [4.69, 9.17) is 29.9 Å². The van der Waals surface area contributed by atoms with Crippen molar-refractivity contribution in [3.8, 4) is 23.0 Å². The summed E-state index contributed by atoms with van der Waals surface area (Å²) in [4.78, 5) is 32.8. The number of pyridine rings is 1. The van der Waals surface area contributed by atoms with Gasteiger partial charge in [-0.25, -0.2) is 39.5 Å². The van der Waals surface area contributed by atoms with Crippen LogP contribution in [0.15, 0.2) is 54.6 Å². The molecule has 86 heavy (non-hydrogen) atoms. The number of anilines is 1. The number of benzene rings is 2. The molecule has 1 amide bonds. The molecular weight excluding hydrogens is 1240 g/mol. The van der Waals surface area contributed by atoms with Gasteiger partial charge in [-0.3, -0.25) is 32.5 Å². The molecular formula is C54H59ClF10N7O11PS2. The molecule has 3 atom stereocenters. The maximum atomic E-state index is 15.9. The van der Waals surface area contributed by atoms with Gasteiger partial charge in [0.15, 0.2) is 28.1 Å². The number of carbonyl (C=O) groups excluding carboxylic acids is 2. The standard InChI is InChI=1S/C54H59ClF10N7O11PS2/c1-29(2)24-81-84(75,82-25-30(3)4)83-27-50(5,6)49(74)80-28-72(86(10,78)79)48-43-39(55)16-14-36(45(43)71(69-48)26-52(58,59)60)35-12-11-34(17-18-51(7,8)85(9,76)77)66-44(35)40(21-31-19-32(56)22-33(57)20-31)67-41(73)23-70-47-42(46(68-70)54(63,64)65)37-13-15-38(37)53(47,61)62/h11-16,19-20,22,29-30,37-38,40H,21,23-28H2,1-10H3,(H,67,73)/t37-,38+,40-/m0/s1. The summed E-state index contributed by atoms with van der Waals surface area (Å²) in [6.45, 7) is 6.57. The van der Waals surface area contributed by atoms with Crippen LogP contribution < -0.4 is 9.62 Å². The Bertz CT molecular complexity index is 3800. The van der Waals surface area contributed by atoms with Gasteiger partial charge in [-0.05, 0) is 87.8 Å². The predicted octanol–water partition coefficient (Wildman–Crippen LogP) is 11.2. The summed E-state index contributed by atoms with van der Waals surface area (Å²) in [6, 6.07) is 4.73.